The molecule has 0 spiro atoms. The summed E-state index contributed by atoms with van der Waals surface area (Å²) in [6, 6.07) is 2.16. The monoisotopic (exact) mass is 355 g/mol. The molecule has 118 valence electrons. The molecule has 0 saturated carbocycles. The zero-order valence-electron chi connectivity index (χ0n) is 11.5. The van der Waals surface area contributed by atoms with Gasteiger partial charge in [-0.25, -0.2) is 12.8 Å². The summed E-state index contributed by atoms with van der Waals surface area (Å²) in [5.41, 5.74) is 0.0732. The minimum Gasteiger partial charge on any atom is -0.378 e. The van der Waals surface area contributed by atoms with E-state index in [1.807, 2.05) is 6.92 Å². The quantitative estimate of drug-likeness (QED) is 0.780. The number of ether oxygens (including phenoxy) is 1. The van der Waals surface area contributed by atoms with Crippen molar-refractivity contribution in [2.45, 2.75) is 30.2 Å². The highest BCUT2D eigenvalue weighted by Crippen LogP contribution is 2.29. The second-order valence-electron chi connectivity index (χ2n) is 4.76. The molecule has 0 radical (unpaired) electrons. The number of rotatable bonds is 4. The van der Waals surface area contributed by atoms with Crippen LogP contribution in [0.4, 0.5) is 4.39 Å². The summed E-state index contributed by atoms with van der Waals surface area (Å²) in [6.45, 7) is 2.66. The number of hydrogen-bond donors (Lipinski definition) is 0. The number of halogens is 3. The van der Waals surface area contributed by atoms with Crippen LogP contribution in [0.2, 0.25) is 5.02 Å². The topological polar surface area (TPSA) is 46.6 Å². The largest absolute Gasteiger partial charge is 0.378 e. The summed E-state index contributed by atoms with van der Waals surface area (Å²) in [4.78, 5) is -0.425. The Balaban J connectivity index is 2.50. The third-order valence-electron chi connectivity index (χ3n) is 3.45. The van der Waals surface area contributed by atoms with E-state index >= 15 is 0 Å². The molecule has 1 aromatic carbocycles. The summed E-state index contributed by atoms with van der Waals surface area (Å²) in [6.07, 6.45) is 0.587. The fourth-order valence-corrected chi connectivity index (χ4v) is 4.61. The van der Waals surface area contributed by atoms with Gasteiger partial charge in [0.05, 0.1) is 19.1 Å². The van der Waals surface area contributed by atoms with E-state index < -0.39 is 20.7 Å². The first-order chi connectivity index (χ1) is 9.91. The van der Waals surface area contributed by atoms with Crippen molar-refractivity contribution in [3.63, 3.8) is 0 Å². The van der Waals surface area contributed by atoms with Crippen molar-refractivity contribution in [2.24, 2.45) is 0 Å². The molecule has 0 amide bonds. The molecule has 0 aromatic heterocycles. The first kappa shape index (κ1) is 17.0. The average molecular weight is 356 g/mol. The highest BCUT2D eigenvalue weighted by Gasteiger charge is 2.35. The Morgan fingerprint density at radius 2 is 2.19 bits per heavy atom. The molecule has 1 heterocycles. The summed E-state index contributed by atoms with van der Waals surface area (Å²) < 4.78 is 46.4. The van der Waals surface area contributed by atoms with Gasteiger partial charge in [0.1, 0.15) is 10.7 Å². The number of alkyl halides is 1. The van der Waals surface area contributed by atoms with E-state index in [1.165, 1.54) is 10.4 Å². The standard InChI is InChI=1S/C13H16Cl2FNO3S/c1-2-11-8-20-4-3-17(11)21(18,19)12-6-10(15)5-9(7-14)13(12)16/h5-6,11H,2-4,7-8H2,1H3. The average Bonchev–Trinajstić information content (AvgIpc) is 2.48. The fraction of sp³-hybridized carbons (Fsp3) is 0.538. The third kappa shape index (κ3) is 3.35. The molecule has 0 aliphatic carbocycles. The molecule has 1 atom stereocenters. The van der Waals surface area contributed by atoms with Crippen molar-refractivity contribution in [1.82, 2.24) is 4.31 Å². The first-order valence-corrected chi connectivity index (χ1v) is 8.90. The lowest BCUT2D eigenvalue weighted by atomic mass is 10.2. The summed E-state index contributed by atoms with van der Waals surface area (Å²) in [5.74, 6) is -0.981. The van der Waals surface area contributed by atoms with Crippen LogP contribution in [0.3, 0.4) is 0 Å². The highest BCUT2D eigenvalue weighted by atomic mass is 35.5. The Morgan fingerprint density at radius 1 is 1.48 bits per heavy atom. The van der Waals surface area contributed by atoms with Crippen molar-refractivity contribution in [1.29, 1.82) is 0 Å². The number of morpholine rings is 1. The van der Waals surface area contributed by atoms with Gasteiger partial charge in [-0.3, -0.25) is 0 Å². The van der Waals surface area contributed by atoms with Crippen molar-refractivity contribution < 1.29 is 17.5 Å². The maximum absolute atomic E-state index is 14.4. The molecule has 1 aliphatic rings. The molecule has 4 nitrogen and oxygen atoms in total. The zero-order valence-corrected chi connectivity index (χ0v) is 13.8. The van der Waals surface area contributed by atoms with Gasteiger partial charge in [0.15, 0.2) is 0 Å². The Bertz CT molecular complexity index is 624. The minimum absolute atomic E-state index is 0.0732. The lowest BCUT2D eigenvalue weighted by Gasteiger charge is -2.34. The second-order valence-corrected chi connectivity index (χ2v) is 7.33. The molecular weight excluding hydrogens is 340 g/mol. The molecule has 1 saturated heterocycles. The molecule has 1 aromatic rings. The highest BCUT2D eigenvalue weighted by molar-refractivity contribution is 7.89. The smallest absolute Gasteiger partial charge is 0.246 e. The maximum atomic E-state index is 14.4. The van der Waals surface area contributed by atoms with Gasteiger partial charge in [0, 0.05) is 23.2 Å². The first-order valence-electron chi connectivity index (χ1n) is 6.55. The van der Waals surface area contributed by atoms with Gasteiger partial charge in [-0.2, -0.15) is 4.31 Å². The number of sulfonamides is 1. The van der Waals surface area contributed by atoms with Crippen LogP contribution in [0, 0.1) is 5.82 Å². The van der Waals surface area contributed by atoms with Crippen LogP contribution in [-0.4, -0.2) is 38.5 Å². The second kappa shape index (κ2) is 6.79. The van der Waals surface area contributed by atoms with Crippen LogP contribution in [0.25, 0.3) is 0 Å². The third-order valence-corrected chi connectivity index (χ3v) is 5.91. The van der Waals surface area contributed by atoms with E-state index in [1.54, 1.807) is 0 Å². The lowest BCUT2D eigenvalue weighted by molar-refractivity contribution is 0.0313. The van der Waals surface area contributed by atoms with Crippen LogP contribution >= 0.6 is 23.2 Å². The van der Waals surface area contributed by atoms with E-state index in [9.17, 15) is 12.8 Å². The summed E-state index contributed by atoms with van der Waals surface area (Å²) >= 11 is 11.5. The molecule has 0 N–H and O–H groups in total. The molecule has 0 bridgehead atoms. The van der Waals surface area contributed by atoms with E-state index in [0.29, 0.717) is 19.6 Å². The van der Waals surface area contributed by atoms with Crippen LogP contribution in [0.1, 0.15) is 18.9 Å². The van der Waals surface area contributed by atoms with E-state index in [-0.39, 0.29) is 29.1 Å². The Morgan fingerprint density at radius 3 is 2.81 bits per heavy atom. The number of hydrogen-bond acceptors (Lipinski definition) is 3. The molecule has 21 heavy (non-hydrogen) atoms. The van der Waals surface area contributed by atoms with Gasteiger partial charge in [0.25, 0.3) is 0 Å². The van der Waals surface area contributed by atoms with Crippen molar-refractivity contribution in [2.75, 3.05) is 19.8 Å². The van der Waals surface area contributed by atoms with Crippen LogP contribution in [0.15, 0.2) is 17.0 Å². The SMILES string of the molecule is CCC1COCCN1S(=O)(=O)c1cc(Cl)cc(CCl)c1F. The van der Waals surface area contributed by atoms with E-state index in [4.69, 9.17) is 27.9 Å². The molecule has 1 fully saturated rings. The predicted octanol–water partition coefficient (Wildman–Crippen LogP) is 3.02. The van der Waals surface area contributed by atoms with Gasteiger partial charge in [-0.1, -0.05) is 18.5 Å². The molecule has 1 aliphatic heterocycles. The van der Waals surface area contributed by atoms with Gasteiger partial charge < -0.3 is 4.74 Å². The molecule has 1 unspecified atom stereocenters. The Kier molecular flexibility index (Phi) is 5.48. The number of nitrogens with zero attached hydrogens (tertiary/aromatic N) is 1. The minimum atomic E-state index is -3.97. The molecular formula is C13H16Cl2FNO3S. The van der Waals surface area contributed by atoms with Crippen LogP contribution in [-0.2, 0) is 20.6 Å². The van der Waals surface area contributed by atoms with E-state index in [2.05, 4.69) is 0 Å². The van der Waals surface area contributed by atoms with Crippen molar-refractivity contribution in [3.05, 3.63) is 28.5 Å². The van der Waals surface area contributed by atoms with Gasteiger partial charge in [0.2, 0.25) is 10.0 Å². The predicted molar refractivity (Wildman–Crippen MR) is 79.8 cm³/mol. The maximum Gasteiger partial charge on any atom is 0.246 e. The van der Waals surface area contributed by atoms with Crippen LogP contribution in [0.5, 0.6) is 0 Å². The summed E-state index contributed by atoms with van der Waals surface area (Å²) in [7, 11) is -3.97. The Hall–Kier alpha value is -0.400. The van der Waals surface area contributed by atoms with Gasteiger partial charge >= 0.3 is 0 Å². The molecule has 2 rings (SSSR count). The normalized spacial score (nSPS) is 20.7. The van der Waals surface area contributed by atoms with Crippen molar-refractivity contribution >= 4 is 33.2 Å². The zero-order chi connectivity index (χ0) is 15.6. The summed E-state index contributed by atoms with van der Waals surface area (Å²) in [5, 5.41) is 0.145. The number of benzene rings is 1. The van der Waals surface area contributed by atoms with Crippen LogP contribution < -0.4 is 0 Å². The Labute approximate surface area is 133 Å². The fourth-order valence-electron chi connectivity index (χ4n) is 2.31. The van der Waals surface area contributed by atoms with Gasteiger partial charge in [-0.05, 0) is 18.6 Å². The van der Waals surface area contributed by atoms with Crippen molar-refractivity contribution in [3.8, 4) is 0 Å². The van der Waals surface area contributed by atoms with Gasteiger partial charge in [-0.15, -0.1) is 11.6 Å². The lowest BCUT2D eigenvalue weighted by Crippen LogP contribution is -2.48. The molecule has 8 heteroatoms. The van der Waals surface area contributed by atoms with E-state index in [0.717, 1.165) is 6.07 Å².